The molecule has 0 saturated carbocycles. The molecule has 0 amide bonds. The highest BCUT2D eigenvalue weighted by Crippen LogP contribution is 2.34. The van der Waals surface area contributed by atoms with Crippen molar-refractivity contribution in [2.24, 2.45) is 5.41 Å². The monoisotopic (exact) mass is 470 g/mol. The molecule has 0 aromatic heterocycles. The molecule has 1 nitrogen and oxygen atoms in total. The summed E-state index contributed by atoms with van der Waals surface area (Å²) in [6.07, 6.45) is 5.44. The molecule has 17 heavy (non-hydrogen) atoms. The molecule has 1 rings (SSSR count). The van der Waals surface area contributed by atoms with Crippen molar-refractivity contribution < 1.29 is 4.48 Å². The van der Waals surface area contributed by atoms with Gasteiger partial charge in [0.2, 0.25) is 0 Å². The molecule has 3 heteroatoms. The van der Waals surface area contributed by atoms with Crippen LogP contribution in [0.5, 0.6) is 0 Å². The minimum atomic E-state index is 0. The second kappa shape index (κ2) is 12.5. The molecule has 1 saturated heterocycles. The molecule has 1 aliphatic rings. The molecule has 0 spiro atoms. The van der Waals surface area contributed by atoms with E-state index in [2.05, 4.69) is 79.0 Å². The molecule has 0 aromatic rings. The van der Waals surface area contributed by atoms with Gasteiger partial charge in [-0.3, -0.25) is 0 Å². The molecule has 0 aromatic carbocycles. The van der Waals surface area contributed by atoms with Crippen molar-refractivity contribution >= 4 is 37.2 Å². The smallest absolute Gasteiger partial charge is 0.0836 e. The summed E-state index contributed by atoms with van der Waals surface area (Å²) in [5, 5.41) is 0. The van der Waals surface area contributed by atoms with Crippen molar-refractivity contribution in [3.63, 3.8) is 0 Å². The summed E-state index contributed by atoms with van der Waals surface area (Å²) < 4.78 is 1.23. The fourth-order valence-corrected chi connectivity index (χ4v) is 2.41. The van der Waals surface area contributed by atoms with Gasteiger partial charge in [0.05, 0.1) is 27.2 Å². The molecular weight excluding hydrogens is 436 g/mol. The van der Waals surface area contributed by atoms with E-state index in [1.807, 2.05) is 0 Å². The average molecular weight is 470 g/mol. The number of likely N-dealkylation sites (tertiary alicyclic amines) is 1. The Morgan fingerprint density at radius 2 is 1.53 bits per heavy atom. The largest absolute Gasteiger partial charge is 0.328 e. The summed E-state index contributed by atoms with van der Waals surface area (Å²) in [5.41, 5.74) is 0.627. The fraction of sp³-hybridized carbons (Fsp3) is 1.00. The van der Waals surface area contributed by atoms with E-state index in [0.29, 0.717) is 5.41 Å². The van der Waals surface area contributed by atoms with Gasteiger partial charge in [-0.25, -0.2) is 0 Å². The van der Waals surface area contributed by atoms with Crippen LogP contribution >= 0.6 is 37.2 Å². The molecule has 1 heterocycles. The fourth-order valence-electron chi connectivity index (χ4n) is 2.41. The maximum absolute atomic E-state index is 2.44. The lowest BCUT2D eigenvalue weighted by atomic mass is 9.79. The Morgan fingerprint density at radius 1 is 1.12 bits per heavy atom. The Kier molecular flexibility index (Phi) is 17.2. The van der Waals surface area contributed by atoms with Crippen LogP contribution in [0.4, 0.5) is 0 Å². The zero-order valence-electron chi connectivity index (χ0n) is 11.9. The molecule has 0 radical (unpaired) electrons. The van der Waals surface area contributed by atoms with Crippen LogP contribution in [-0.4, -0.2) is 31.7 Å². The summed E-state index contributed by atoms with van der Waals surface area (Å²) in [5.74, 6) is 0. The molecule has 1 atom stereocenters. The van der Waals surface area contributed by atoms with Crippen molar-refractivity contribution in [2.75, 3.05) is 27.2 Å². The number of hydrogen-bond donors (Lipinski definition) is 0. The van der Waals surface area contributed by atoms with E-state index in [0.717, 1.165) is 0 Å². The van der Waals surface area contributed by atoms with Crippen molar-refractivity contribution in [3.05, 3.63) is 0 Å². The third-order valence-corrected chi connectivity index (χ3v) is 3.21. The van der Waals surface area contributed by atoms with Crippen molar-refractivity contribution in [3.8, 4) is 0 Å². The lowest BCUT2D eigenvalue weighted by molar-refractivity contribution is -0.902. The minimum absolute atomic E-state index is 0. The molecule has 0 N–H and O–H groups in total. The topological polar surface area (TPSA) is 0 Å². The van der Waals surface area contributed by atoms with Gasteiger partial charge in [0.15, 0.2) is 0 Å². The third-order valence-electron chi connectivity index (χ3n) is 3.21. The van der Waals surface area contributed by atoms with E-state index < -0.39 is 0 Å². The predicted molar refractivity (Wildman–Crippen MR) is 100 cm³/mol. The first-order valence-electron chi connectivity index (χ1n) is 6.35. The van der Waals surface area contributed by atoms with Crippen LogP contribution in [0.3, 0.4) is 0 Å². The average Bonchev–Trinajstić information content (AvgIpc) is 2.20. The van der Waals surface area contributed by atoms with Crippen LogP contribution in [-0.2, 0) is 0 Å². The highest BCUT2D eigenvalue weighted by Gasteiger charge is 2.35. The lowest BCUT2D eigenvalue weighted by Crippen LogP contribution is -2.51. The SMILES string of the molecule is C.CCC.CCC1(C)CCC[N+](C)(C)C1.II. The molecule has 1 unspecified atom stereocenters. The molecule has 1 fully saturated rings. The number of piperidine rings is 1. The third kappa shape index (κ3) is 12.2. The summed E-state index contributed by atoms with van der Waals surface area (Å²) >= 11 is 4.24. The van der Waals surface area contributed by atoms with E-state index in [1.165, 1.54) is 43.3 Å². The normalized spacial score (nSPS) is 25.4. The van der Waals surface area contributed by atoms with Crippen LogP contribution in [0.15, 0.2) is 0 Å². The van der Waals surface area contributed by atoms with Crippen LogP contribution in [0.2, 0.25) is 0 Å². The predicted octanol–water partition coefficient (Wildman–Crippen LogP) is 6.10. The second-order valence-electron chi connectivity index (χ2n) is 5.79. The van der Waals surface area contributed by atoms with Gasteiger partial charge in [-0.15, -0.1) is 0 Å². The highest BCUT2D eigenvalue weighted by atomic mass is 128. The van der Waals surface area contributed by atoms with Crippen molar-refractivity contribution in [1.29, 1.82) is 0 Å². The first-order valence-corrected chi connectivity index (χ1v) is 12.6. The van der Waals surface area contributed by atoms with Gasteiger partial charge < -0.3 is 4.48 Å². The van der Waals surface area contributed by atoms with Crippen molar-refractivity contribution in [2.45, 2.75) is 60.8 Å². The summed E-state index contributed by atoms with van der Waals surface area (Å²) in [6.45, 7) is 11.7. The summed E-state index contributed by atoms with van der Waals surface area (Å²) in [4.78, 5) is 0. The highest BCUT2D eigenvalue weighted by molar-refractivity contribution is 15.0. The number of halogens is 2. The Balaban J connectivity index is -0.000000286. The van der Waals surface area contributed by atoms with Gasteiger partial charge in [-0.1, -0.05) is 41.5 Å². The number of nitrogens with zero attached hydrogens (tertiary/aromatic N) is 1. The first kappa shape index (κ1) is 23.5. The number of rotatable bonds is 1. The van der Waals surface area contributed by atoms with Gasteiger partial charge in [0.25, 0.3) is 0 Å². The quantitative estimate of drug-likeness (QED) is 0.321. The van der Waals surface area contributed by atoms with Crippen molar-refractivity contribution in [1.82, 2.24) is 0 Å². The zero-order valence-corrected chi connectivity index (χ0v) is 16.3. The molecule has 0 aliphatic carbocycles. The van der Waals surface area contributed by atoms with Crippen LogP contribution in [0, 0.1) is 5.41 Å². The Hall–Kier alpha value is 1.42. The maximum Gasteiger partial charge on any atom is 0.0836 e. The second-order valence-corrected chi connectivity index (χ2v) is 5.79. The zero-order chi connectivity index (χ0) is 13.2. The maximum atomic E-state index is 2.44. The lowest BCUT2D eigenvalue weighted by Gasteiger charge is -2.43. The standard InChI is InChI=1S/C10H22N.C3H8.CH4.I2/c1-5-10(2)7-6-8-11(3,4)9-10;1-3-2;;1-2/h5-9H2,1-4H3;3H2,1-2H3;1H4;/q+1;;;. The van der Waals surface area contributed by atoms with E-state index in [4.69, 9.17) is 0 Å². The van der Waals surface area contributed by atoms with Gasteiger partial charge in [-0.05, 0) is 19.3 Å². The van der Waals surface area contributed by atoms with E-state index >= 15 is 0 Å². The van der Waals surface area contributed by atoms with Gasteiger partial charge in [0.1, 0.15) is 0 Å². The summed E-state index contributed by atoms with van der Waals surface area (Å²) in [7, 11) is 4.71. The molecule has 1 aliphatic heterocycles. The van der Waals surface area contributed by atoms with Crippen LogP contribution < -0.4 is 0 Å². The number of quaternary nitrogens is 1. The summed E-state index contributed by atoms with van der Waals surface area (Å²) in [6, 6.07) is 0. The van der Waals surface area contributed by atoms with Gasteiger partial charge in [-0.2, -0.15) is 0 Å². The molecular formula is C14H34I2N+. The molecule has 108 valence electrons. The Bertz CT molecular complexity index is 160. The van der Waals surface area contributed by atoms with Crippen LogP contribution in [0.1, 0.15) is 60.8 Å². The van der Waals surface area contributed by atoms with Gasteiger partial charge >= 0.3 is 0 Å². The van der Waals surface area contributed by atoms with E-state index in [-0.39, 0.29) is 7.43 Å². The Morgan fingerprint density at radius 3 is 1.76 bits per heavy atom. The van der Waals surface area contributed by atoms with E-state index in [1.54, 1.807) is 0 Å². The minimum Gasteiger partial charge on any atom is -0.328 e. The molecule has 0 bridgehead atoms. The van der Waals surface area contributed by atoms with Gasteiger partial charge in [0, 0.05) is 42.6 Å². The first-order chi connectivity index (χ1) is 7.39. The van der Waals surface area contributed by atoms with Crippen LogP contribution in [0.25, 0.3) is 0 Å². The Labute approximate surface area is 134 Å². The number of hydrogen-bond acceptors (Lipinski definition) is 0. The van der Waals surface area contributed by atoms with E-state index in [9.17, 15) is 0 Å².